The molecule has 0 aromatic rings. The smallest absolute Gasteiger partial charge is 0.0615 e. The lowest BCUT2D eigenvalue weighted by Crippen LogP contribution is -2.44. The molecule has 0 aromatic heterocycles. The summed E-state index contributed by atoms with van der Waals surface area (Å²) < 4.78 is 5.07. The first kappa shape index (κ1) is 13.8. The Morgan fingerprint density at radius 3 is 2.29 bits per heavy atom. The van der Waals surface area contributed by atoms with Gasteiger partial charge in [0.1, 0.15) is 0 Å². The Bertz CT molecular complexity index is 118. The molecule has 0 saturated heterocycles. The maximum absolute atomic E-state index is 8.91. The summed E-state index contributed by atoms with van der Waals surface area (Å²) in [5.74, 6) is 0. The molecule has 3 N–H and O–H groups in total. The van der Waals surface area contributed by atoms with Gasteiger partial charge in [0, 0.05) is 13.2 Å². The molecule has 14 heavy (non-hydrogen) atoms. The third kappa shape index (κ3) is 6.32. The summed E-state index contributed by atoms with van der Waals surface area (Å²) in [7, 11) is 1.66. The molecule has 0 rings (SSSR count). The second kappa shape index (κ2) is 9.40. The molecule has 4 nitrogen and oxygen atoms in total. The Balaban J connectivity index is 3.80. The Labute approximate surface area is 86.3 Å². The minimum Gasteiger partial charge on any atom is -0.395 e. The van der Waals surface area contributed by atoms with E-state index in [1.165, 1.54) is 0 Å². The summed E-state index contributed by atoms with van der Waals surface area (Å²) in [6.45, 7) is 2.68. The largest absolute Gasteiger partial charge is 0.395 e. The number of nitrogens with one attached hydrogen (secondary N) is 1. The maximum Gasteiger partial charge on any atom is 0.0615 e. The van der Waals surface area contributed by atoms with Gasteiger partial charge in [-0.2, -0.15) is 0 Å². The van der Waals surface area contributed by atoms with Crippen LogP contribution in [0, 0.1) is 0 Å². The first-order valence-corrected chi connectivity index (χ1v) is 5.25. The minimum atomic E-state index is -0.230. The van der Waals surface area contributed by atoms with E-state index in [4.69, 9.17) is 14.9 Å². The Kier molecular flexibility index (Phi) is 9.29. The van der Waals surface area contributed by atoms with Crippen LogP contribution in [-0.2, 0) is 4.74 Å². The van der Waals surface area contributed by atoms with Crippen molar-refractivity contribution in [2.45, 2.75) is 38.3 Å². The van der Waals surface area contributed by atoms with Gasteiger partial charge in [-0.05, 0) is 6.42 Å². The van der Waals surface area contributed by atoms with Crippen LogP contribution in [0.4, 0.5) is 0 Å². The fourth-order valence-electron chi connectivity index (χ4n) is 1.36. The summed E-state index contributed by atoms with van der Waals surface area (Å²) in [6.07, 6.45) is 3.29. The molecule has 0 aromatic carbocycles. The van der Waals surface area contributed by atoms with Crippen molar-refractivity contribution in [2.24, 2.45) is 0 Å². The van der Waals surface area contributed by atoms with E-state index < -0.39 is 0 Å². The highest BCUT2D eigenvalue weighted by atomic mass is 16.5. The van der Waals surface area contributed by atoms with E-state index in [1.807, 2.05) is 0 Å². The normalized spacial score (nSPS) is 13.5. The van der Waals surface area contributed by atoms with E-state index in [-0.39, 0.29) is 25.3 Å². The lowest BCUT2D eigenvalue weighted by Gasteiger charge is -2.22. The third-order valence-corrected chi connectivity index (χ3v) is 2.19. The molecular weight excluding hydrogens is 182 g/mol. The standard InChI is InChI=1S/C10H23NO3/c1-3-4-5-9(8-14-2)11-10(6-12)7-13/h9-13H,3-8H2,1-2H3. The van der Waals surface area contributed by atoms with Gasteiger partial charge in [-0.15, -0.1) is 0 Å². The van der Waals surface area contributed by atoms with Crippen LogP contribution in [0.1, 0.15) is 26.2 Å². The van der Waals surface area contributed by atoms with Crippen LogP contribution in [0.5, 0.6) is 0 Å². The van der Waals surface area contributed by atoms with E-state index in [9.17, 15) is 0 Å². The summed E-state index contributed by atoms with van der Waals surface area (Å²) >= 11 is 0. The van der Waals surface area contributed by atoms with Crippen molar-refractivity contribution in [1.29, 1.82) is 0 Å². The van der Waals surface area contributed by atoms with Crippen LogP contribution >= 0.6 is 0 Å². The van der Waals surface area contributed by atoms with Crippen LogP contribution < -0.4 is 5.32 Å². The Morgan fingerprint density at radius 1 is 1.21 bits per heavy atom. The Morgan fingerprint density at radius 2 is 1.86 bits per heavy atom. The molecule has 0 spiro atoms. The molecule has 0 amide bonds. The average Bonchev–Trinajstić information content (AvgIpc) is 2.22. The summed E-state index contributed by atoms with van der Waals surface area (Å²) in [4.78, 5) is 0. The molecule has 0 bridgehead atoms. The number of ether oxygens (including phenoxy) is 1. The zero-order chi connectivity index (χ0) is 10.8. The highest BCUT2D eigenvalue weighted by Gasteiger charge is 2.13. The van der Waals surface area contributed by atoms with Crippen molar-refractivity contribution in [3.8, 4) is 0 Å². The molecule has 0 saturated carbocycles. The molecule has 0 fully saturated rings. The molecule has 0 heterocycles. The number of rotatable bonds is 9. The van der Waals surface area contributed by atoms with Crippen molar-refractivity contribution in [2.75, 3.05) is 26.9 Å². The fourth-order valence-corrected chi connectivity index (χ4v) is 1.36. The second-order valence-electron chi connectivity index (χ2n) is 3.52. The Hall–Kier alpha value is -0.160. The molecule has 0 radical (unpaired) electrons. The first-order chi connectivity index (χ1) is 6.78. The van der Waals surface area contributed by atoms with Crippen LogP contribution in [0.15, 0.2) is 0 Å². The van der Waals surface area contributed by atoms with Crippen LogP contribution in [-0.4, -0.2) is 49.2 Å². The predicted octanol–water partition coefficient (Wildman–Crippen LogP) is 0.134. The number of aliphatic hydroxyl groups is 2. The van der Waals surface area contributed by atoms with E-state index >= 15 is 0 Å². The maximum atomic E-state index is 8.91. The molecule has 1 atom stereocenters. The van der Waals surface area contributed by atoms with Crippen molar-refractivity contribution in [3.63, 3.8) is 0 Å². The number of unbranched alkanes of at least 4 members (excludes halogenated alkanes) is 1. The van der Waals surface area contributed by atoms with Crippen LogP contribution in [0.3, 0.4) is 0 Å². The minimum absolute atomic E-state index is 0.0388. The zero-order valence-electron chi connectivity index (χ0n) is 9.20. The van der Waals surface area contributed by atoms with Crippen molar-refractivity contribution >= 4 is 0 Å². The fraction of sp³-hybridized carbons (Fsp3) is 1.00. The van der Waals surface area contributed by atoms with E-state index in [1.54, 1.807) is 7.11 Å². The number of hydrogen-bond donors (Lipinski definition) is 3. The van der Waals surface area contributed by atoms with E-state index in [0.29, 0.717) is 6.61 Å². The van der Waals surface area contributed by atoms with Gasteiger partial charge in [-0.25, -0.2) is 0 Å². The van der Waals surface area contributed by atoms with Crippen LogP contribution in [0.25, 0.3) is 0 Å². The van der Waals surface area contributed by atoms with Crippen molar-refractivity contribution < 1.29 is 14.9 Å². The highest BCUT2D eigenvalue weighted by molar-refractivity contribution is 4.72. The van der Waals surface area contributed by atoms with Gasteiger partial charge in [-0.1, -0.05) is 19.8 Å². The van der Waals surface area contributed by atoms with Gasteiger partial charge in [-0.3, -0.25) is 0 Å². The first-order valence-electron chi connectivity index (χ1n) is 5.25. The van der Waals surface area contributed by atoms with Gasteiger partial charge in [0.2, 0.25) is 0 Å². The van der Waals surface area contributed by atoms with Gasteiger partial charge in [0.15, 0.2) is 0 Å². The van der Waals surface area contributed by atoms with Crippen molar-refractivity contribution in [3.05, 3.63) is 0 Å². The molecule has 4 heteroatoms. The molecule has 0 aliphatic rings. The quantitative estimate of drug-likeness (QED) is 0.501. The van der Waals surface area contributed by atoms with Crippen molar-refractivity contribution in [1.82, 2.24) is 5.32 Å². The van der Waals surface area contributed by atoms with Gasteiger partial charge in [0.25, 0.3) is 0 Å². The number of aliphatic hydroxyl groups excluding tert-OH is 2. The number of hydrogen-bond acceptors (Lipinski definition) is 4. The lowest BCUT2D eigenvalue weighted by molar-refractivity contribution is 0.121. The van der Waals surface area contributed by atoms with Gasteiger partial charge < -0.3 is 20.3 Å². The van der Waals surface area contributed by atoms with E-state index in [0.717, 1.165) is 19.3 Å². The summed E-state index contributed by atoms with van der Waals surface area (Å²) in [5.41, 5.74) is 0. The van der Waals surface area contributed by atoms with Crippen LogP contribution in [0.2, 0.25) is 0 Å². The van der Waals surface area contributed by atoms with Gasteiger partial charge in [0.05, 0.1) is 25.9 Å². The third-order valence-electron chi connectivity index (χ3n) is 2.19. The van der Waals surface area contributed by atoms with Gasteiger partial charge >= 0.3 is 0 Å². The monoisotopic (exact) mass is 205 g/mol. The zero-order valence-corrected chi connectivity index (χ0v) is 9.20. The molecule has 1 unspecified atom stereocenters. The molecule has 0 aliphatic heterocycles. The molecule has 0 aliphatic carbocycles. The predicted molar refractivity (Wildman–Crippen MR) is 56.3 cm³/mol. The SMILES string of the molecule is CCCCC(COC)NC(CO)CO. The molecular formula is C10H23NO3. The number of methoxy groups -OCH3 is 1. The van der Waals surface area contributed by atoms with E-state index in [2.05, 4.69) is 12.2 Å². The topological polar surface area (TPSA) is 61.7 Å². The summed E-state index contributed by atoms with van der Waals surface area (Å²) in [5, 5.41) is 21.0. The summed E-state index contributed by atoms with van der Waals surface area (Å²) in [6, 6.07) is -0.00347. The average molecular weight is 205 g/mol. The second-order valence-corrected chi connectivity index (χ2v) is 3.52. The lowest BCUT2D eigenvalue weighted by atomic mass is 10.1. The molecule has 86 valence electrons. The highest BCUT2D eigenvalue weighted by Crippen LogP contribution is 2.02.